The molecule has 42 heavy (non-hydrogen) atoms. The smallest absolute Gasteiger partial charge is 0.258 e. The number of carbonyl (C=O) groups excluding carboxylic acids is 1. The van der Waals surface area contributed by atoms with Crippen molar-refractivity contribution in [3.05, 3.63) is 83.8 Å². The first-order valence-electron chi connectivity index (χ1n) is 13.0. The van der Waals surface area contributed by atoms with Crippen LogP contribution in [0.15, 0.2) is 60.9 Å². The molecule has 9 nitrogen and oxygen atoms in total. The molecule has 0 bridgehead atoms. The number of hydrogen-bond acceptors (Lipinski definition) is 7. The molecule has 0 fully saturated rings. The Morgan fingerprint density at radius 1 is 0.952 bits per heavy atom. The number of aromatic nitrogens is 4. The predicted molar refractivity (Wildman–Crippen MR) is 157 cm³/mol. The quantitative estimate of drug-likeness (QED) is 0.182. The summed E-state index contributed by atoms with van der Waals surface area (Å²) >= 11 is 0. The molecular weight excluding hydrogens is 542 g/mol. The van der Waals surface area contributed by atoms with Crippen molar-refractivity contribution in [1.82, 2.24) is 24.8 Å². The lowest BCUT2D eigenvalue weighted by molar-refractivity contribution is 0.102. The maximum Gasteiger partial charge on any atom is 0.258 e. The van der Waals surface area contributed by atoms with Gasteiger partial charge in [-0.3, -0.25) is 15.1 Å². The molecule has 2 N–H and O–H groups in total. The lowest BCUT2D eigenvalue weighted by Crippen LogP contribution is -2.14. The lowest BCUT2D eigenvalue weighted by atomic mass is 9.97. The number of nitrogens with one attached hydrogen (secondary N) is 2. The Hall–Kier alpha value is -5.16. The number of hydrogen-bond donors (Lipinski definition) is 2. The zero-order valence-corrected chi connectivity index (χ0v) is 23.3. The summed E-state index contributed by atoms with van der Waals surface area (Å²) in [6.45, 7) is 0.630. The normalized spacial score (nSPS) is 11.5. The fraction of sp³-hybridized carbons (Fsp3) is 0.161. The molecule has 0 radical (unpaired) electrons. The Morgan fingerprint density at radius 2 is 1.71 bits per heavy atom. The highest BCUT2D eigenvalue weighted by Crippen LogP contribution is 2.41. The first kappa shape index (κ1) is 27.0. The van der Waals surface area contributed by atoms with Crippen LogP contribution in [0.25, 0.3) is 43.8 Å². The number of anilines is 1. The van der Waals surface area contributed by atoms with Crippen molar-refractivity contribution < 1.29 is 23.0 Å². The van der Waals surface area contributed by atoms with E-state index in [-0.39, 0.29) is 22.6 Å². The van der Waals surface area contributed by atoms with E-state index < -0.39 is 17.5 Å². The van der Waals surface area contributed by atoms with E-state index in [0.717, 1.165) is 11.8 Å². The van der Waals surface area contributed by atoms with Crippen LogP contribution in [-0.2, 0) is 6.54 Å². The van der Waals surface area contributed by atoms with Gasteiger partial charge in [-0.25, -0.2) is 18.7 Å². The summed E-state index contributed by atoms with van der Waals surface area (Å²) in [7, 11) is 6.46. The number of para-hydroxylation sites is 1. The molecule has 11 heteroatoms. The van der Waals surface area contributed by atoms with Gasteiger partial charge in [0.2, 0.25) is 5.95 Å². The first-order valence-corrected chi connectivity index (χ1v) is 13.0. The van der Waals surface area contributed by atoms with Crippen LogP contribution in [0.5, 0.6) is 11.5 Å². The molecule has 6 aromatic rings. The van der Waals surface area contributed by atoms with Gasteiger partial charge in [-0.05, 0) is 32.3 Å². The van der Waals surface area contributed by atoms with Crippen molar-refractivity contribution in [2.24, 2.45) is 0 Å². The van der Waals surface area contributed by atoms with Crippen molar-refractivity contribution in [3.8, 4) is 22.6 Å². The number of carbonyl (C=O) groups is 1. The number of amides is 1. The Kier molecular flexibility index (Phi) is 6.87. The molecule has 0 aliphatic heterocycles. The number of halogens is 2. The van der Waals surface area contributed by atoms with E-state index in [1.165, 1.54) is 14.2 Å². The number of rotatable bonds is 7. The van der Waals surface area contributed by atoms with Crippen LogP contribution in [0.3, 0.4) is 0 Å². The summed E-state index contributed by atoms with van der Waals surface area (Å²) in [5, 5.41) is 4.75. The molecule has 3 aromatic heterocycles. The van der Waals surface area contributed by atoms with Crippen molar-refractivity contribution in [2.75, 3.05) is 33.6 Å². The van der Waals surface area contributed by atoms with Gasteiger partial charge in [0.05, 0.1) is 53.8 Å². The maximum absolute atomic E-state index is 15.5. The number of imidazole rings is 1. The Bertz CT molecular complexity index is 1980. The summed E-state index contributed by atoms with van der Waals surface area (Å²) in [4.78, 5) is 32.2. The van der Waals surface area contributed by atoms with E-state index in [1.807, 2.05) is 31.1 Å². The molecule has 3 heterocycles. The molecule has 212 valence electrons. The van der Waals surface area contributed by atoms with E-state index in [4.69, 9.17) is 14.5 Å². The Morgan fingerprint density at radius 3 is 2.43 bits per heavy atom. The number of ether oxygens (including phenoxy) is 2. The molecule has 0 saturated carbocycles. The maximum atomic E-state index is 15.5. The molecule has 0 spiro atoms. The van der Waals surface area contributed by atoms with Gasteiger partial charge in [0.25, 0.3) is 5.91 Å². The van der Waals surface area contributed by atoms with Crippen molar-refractivity contribution >= 4 is 44.6 Å². The fourth-order valence-electron chi connectivity index (χ4n) is 5.09. The molecule has 0 unspecified atom stereocenters. The lowest BCUT2D eigenvalue weighted by Gasteiger charge is -2.15. The van der Waals surface area contributed by atoms with Gasteiger partial charge < -0.3 is 19.4 Å². The monoisotopic (exact) mass is 568 g/mol. The van der Waals surface area contributed by atoms with Crippen LogP contribution in [0.2, 0.25) is 0 Å². The van der Waals surface area contributed by atoms with Crippen LogP contribution < -0.4 is 14.8 Å². The number of benzene rings is 3. The highest BCUT2D eigenvalue weighted by atomic mass is 19.1. The molecular formula is C31H26F2N6O3. The Labute approximate surface area is 239 Å². The topological polar surface area (TPSA) is 105 Å². The highest BCUT2D eigenvalue weighted by Gasteiger charge is 2.24. The molecule has 3 aromatic carbocycles. The third-order valence-corrected chi connectivity index (χ3v) is 6.94. The van der Waals surface area contributed by atoms with E-state index in [1.54, 1.807) is 42.7 Å². The van der Waals surface area contributed by atoms with Crippen LogP contribution in [0, 0.1) is 11.6 Å². The van der Waals surface area contributed by atoms with Crippen LogP contribution in [0.4, 0.5) is 14.7 Å². The fourth-order valence-corrected chi connectivity index (χ4v) is 5.09. The van der Waals surface area contributed by atoms with Gasteiger partial charge in [-0.1, -0.05) is 24.3 Å². The second kappa shape index (κ2) is 10.7. The molecule has 0 saturated heterocycles. The number of fused-ring (bicyclic) bond motifs is 4. The van der Waals surface area contributed by atoms with Gasteiger partial charge in [-0.2, -0.15) is 0 Å². The second-order valence-corrected chi connectivity index (χ2v) is 9.99. The minimum Gasteiger partial charge on any atom is -0.494 e. The average Bonchev–Trinajstić information content (AvgIpc) is 3.41. The number of H-pyrrole nitrogens is 1. The van der Waals surface area contributed by atoms with Crippen LogP contribution in [0.1, 0.15) is 16.1 Å². The summed E-state index contributed by atoms with van der Waals surface area (Å²) in [6.07, 6.45) is 3.30. The van der Waals surface area contributed by atoms with Gasteiger partial charge in [0, 0.05) is 40.5 Å². The molecule has 0 aliphatic carbocycles. The number of methoxy groups -OCH3 is 2. The van der Waals surface area contributed by atoms with E-state index in [0.29, 0.717) is 50.8 Å². The third kappa shape index (κ3) is 4.63. The second-order valence-electron chi connectivity index (χ2n) is 9.99. The van der Waals surface area contributed by atoms with E-state index in [9.17, 15) is 4.79 Å². The molecule has 0 aliphatic rings. The van der Waals surface area contributed by atoms with Gasteiger partial charge in [0.15, 0.2) is 23.1 Å². The van der Waals surface area contributed by atoms with E-state index >= 15 is 8.78 Å². The minimum atomic E-state index is -0.877. The van der Waals surface area contributed by atoms with Gasteiger partial charge in [0.1, 0.15) is 0 Å². The summed E-state index contributed by atoms with van der Waals surface area (Å²) in [5.41, 5.74) is 2.36. The molecule has 6 rings (SSSR count). The van der Waals surface area contributed by atoms with Crippen molar-refractivity contribution in [1.29, 1.82) is 0 Å². The molecule has 0 atom stereocenters. The van der Waals surface area contributed by atoms with Gasteiger partial charge in [-0.15, -0.1) is 0 Å². The zero-order chi connectivity index (χ0) is 29.5. The summed E-state index contributed by atoms with van der Waals surface area (Å²) in [5.74, 6) is -2.19. The van der Waals surface area contributed by atoms with Crippen molar-refractivity contribution in [3.63, 3.8) is 0 Å². The molecule has 1 amide bonds. The van der Waals surface area contributed by atoms with Gasteiger partial charge >= 0.3 is 0 Å². The van der Waals surface area contributed by atoms with Crippen LogP contribution >= 0.6 is 0 Å². The van der Waals surface area contributed by atoms with Crippen LogP contribution in [-0.4, -0.2) is 59.1 Å². The zero-order valence-electron chi connectivity index (χ0n) is 23.3. The largest absolute Gasteiger partial charge is 0.494 e. The number of aromatic amines is 1. The average molecular weight is 569 g/mol. The summed E-state index contributed by atoms with van der Waals surface area (Å²) < 4.78 is 41.3. The number of pyridine rings is 2. The first-order chi connectivity index (χ1) is 20.3. The summed E-state index contributed by atoms with van der Waals surface area (Å²) in [6, 6.07) is 13.3. The SMILES string of the molecule is COc1cc(OC)c(F)c(-c2cccc3cc4c(cc(C(=O)Nc5ncc(CN(C)C)[nH]5)c5cccnc54)nc23)c1F. The minimum absolute atomic E-state index is 0.165. The standard InChI is InChI=1S/C31H26F2N6O3/c1-39(2)15-17-14-35-31(36-17)38-30(40)20-12-22-21(29-18(20)9-6-10-34-29)11-16-7-5-8-19(28(16)37-22)25-26(32)23(41-3)13-24(42-4)27(25)33/h5-14H,15H2,1-4H3,(H2,35,36,38,40). The highest BCUT2D eigenvalue weighted by molar-refractivity contribution is 6.19. The third-order valence-electron chi connectivity index (χ3n) is 6.94. The predicted octanol–water partition coefficient (Wildman–Crippen LogP) is 5.94. The Balaban J connectivity index is 1.54. The number of nitrogens with zero attached hydrogens (tertiary/aromatic N) is 4. The van der Waals surface area contributed by atoms with E-state index in [2.05, 4.69) is 20.3 Å². The van der Waals surface area contributed by atoms with Crippen molar-refractivity contribution in [2.45, 2.75) is 6.54 Å².